The van der Waals surface area contributed by atoms with Crippen LogP contribution in [-0.2, 0) is 25.7 Å². The Hall–Kier alpha value is -1.82. The van der Waals surface area contributed by atoms with Crippen molar-refractivity contribution in [1.29, 1.82) is 0 Å². The molecule has 0 nitrogen and oxygen atoms in total. The molecule has 0 aliphatic heterocycles. The number of unbranched alkanes of at least 4 members (excludes halogenated alkanes) is 4. The smallest absolute Gasteiger partial charge is 0.0140 e. The summed E-state index contributed by atoms with van der Waals surface area (Å²) in [6.07, 6.45) is 15.3. The summed E-state index contributed by atoms with van der Waals surface area (Å²) < 4.78 is 0. The number of benzene rings is 3. The van der Waals surface area contributed by atoms with E-state index in [0.29, 0.717) is 0 Å². The topological polar surface area (TPSA) is 0 Å². The lowest BCUT2D eigenvalue weighted by atomic mass is 9.81. The van der Waals surface area contributed by atoms with E-state index in [1.165, 1.54) is 87.8 Å². The van der Waals surface area contributed by atoms with Crippen LogP contribution in [0.15, 0.2) is 36.4 Å². The second kappa shape index (κ2) is 11.5. The van der Waals surface area contributed by atoms with Gasteiger partial charge in [-0.2, -0.15) is 0 Å². The number of aryl methyl sites for hydroxylation is 2. The first-order valence-corrected chi connectivity index (χ1v) is 12.7. The summed E-state index contributed by atoms with van der Waals surface area (Å²) in [5.41, 5.74) is 6.81. The molecule has 0 saturated heterocycles. The normalized spacial score (nSPS) is 11.6. The Morgan fingerprint density at radius 1 is 0.467 bits per heavy atom. The van der Waals surface area contributed by atoms with Crippen LogP contribution in [0.5, 0.6) is 0 Å². The first kappa shape index (κ1) is 22.9. The van der Waals surface area contributed by atoms with Crippen LogP contribution in [0.2, 0.25) is 0 Å². The van der Waals surface area contributed by atoms with Gasteiger partial charge < -0.3 is 0 Å². The van der Waals surface area contributed by atoms with Crippen molar-refractivity contribution in [3.8, 4) is 0 Å². The quantitative estimate of drug-likeness (QED) is 0.265. The maximum atomic E-state index is 2.52. The van der Waals surface area contributed by atoms with Gasteiger partial charge in [0.1, 0.15) is 0 Å². The molecule has 0 bridgehead atoms. The number of hydrogen-bond donors (Lipinski definition) is 0. The van der Waals surface area contributed by atoms with Gasteiger partial charge in [-0.05, 0) is 107 Å². The minimum absolute atomic E-state index is 1.23. The summed E-state index contributed by atoms with van der Waals surface area (Å²) in [5, 5.41) is 5.90. The Bertz CT molecular complexity index is 869. The van der Waals surface area contributed by atoms with Crippen molar-refractivity contribution in [1.82, 2.24) is 0 Å². The fraction of sp³-hybridized carbons (Fsp3) is 0.533. The lowest BCUT2D eigenvalue weighted by molar-refractivity contribution is 0.724. The van der Waals surface area contributed by atoms with Crippen LogP contribution in [0.3, 0.4) is 0 Å². The van der Waals surface area contributed by atoms with Gasteiger partial charge in [0.25, 0.3) is 0 Å². The minimum atomic E-state index is 1.23. The van der Waals surface area contributed by atoms with Crippen molar-refractivity contribution in [3.63, 3.8) is 0 Å². The summed E-state index contributed by atoms with van der Waals surface area (Å²) in [6.45, 7) is 9.34. The first-order chi connectivity index (χ1) is 14.7. The maximum Gasteiger partial charge on any atom is -0.0140 e. The summed E-state index contributed by atoms with van der Waals surface area (Å²) in [7, 11) is 0. The summed E-state index contributed by atoms with van der Waals surface area (Å²) >= 11 is 0. The lowest BCUT2D eigenvalue weighted by Gasteiger charge is -2.24. The lowest BCUT2D eigenvalue weighted by Crippen LogP contribution is -2.08. The van der Waals surface area contributed by atoms with E-state index in [2.05, 4.69) is 64.1 Å². The highest BCUT2D eigenvalue weighted by Gasteiger charge is 2.19. The van der Waals surface area contributed by atoms with Crippen molar-refractivity contribution >= 4 is 21.5 Å². The van der Waals surface area contributed by atoms with Gasteiger partial charge in [-0.3, -0.25) is 0 Å². The average Bonchev–Trinajstić information content (AvgIpc) is 2.78. The number of hydrogen-bond acceptors (Lipinski definition) is 0. The molecule has 3 aromatic carbocycles. The molecule has 0 heteroatoms. The Kier molecular flexibility index (Phi) is 8.79. The second-order valence-corrected chi connectivity index (χ2v) is 9.07. The standard InChI is InChI=1S/C30H42/c1-5-9-17-25-26(18-10-6-2)28(20-12-8-4)30-22-24-16-14-13-15-23(24)21-29(30)27(25)19-11-7-3/h13-16,21-22H,5-12,17-20H2,1-4H3. The van der Waals surface area contributed by atoms with E-state index in [9.17, 15) is 0 Å². The van der Waals surface area contributed by atoms with Gasteiger partial charge in [0.2, 0.25) is 0 Å². The van der Waals surface area contributed by atoms with Crippen LogP contribution in [0, 0.1) is 0 Å². The molecule has 0 amide bonds. The van der Waals surface area contributed by atoms with Gasteiger partial charge >= 0.3 is 0 Å². The van der Waals surface area contributed by atoms with Crippen LogP contribution < -0.4 is 0 Å². The third-order valence-corrected chi connectivity index (χ3v) is 6.75. The molecule has 0 unspecified atom stereocenters. The number of fused-ring (bicyclic) bond motifs is 2. The molecule has 0 radical (unpaired) electrons. The van der Waals surface area contributed by atoms with E-state index in [1.807, 2.05) is 0 Å². The molecule has 162 valence electrons. The van der Waals surface area contributed by atoms with Gasteiger partial charge in [0, 0.05) is 0 Å². The van der Waals surface area contributed by atoms with Crippen molar-refractivity contribution < 1.29 is 0 Å². The SMILES string of the molecule is CCCCc1c(CCCC)c(CCCC)c2cc3ccccc3cc2c1CCCC. The summed E-state index contributed by atoms with van der Waals surface area (Å²) in [5.74, 6) is 0. The molecule has 0 aliphatic rings. The van der Waals surface area contributed by atoms with Crippen molar-refractivity contribution in [3.05, 3.63) is 58.7 Å². The molecule has 3 rings (SSSR count). The van der Waals surface area contributed by atoms with E-state index in [1.54, 1.807) is 33.0 Å². The highest BCUT2D eigenvalue weighted by atomic mass is 14.2. The van der Waals surface area contributed by atoms with Crippen molar-refractivity contribution in [2.45, 2.75) is 105 Å². The monoisotopic (exact) mass is 402 g/mol. The third-order valence-electron chi connectivity index (χ3n) is 6.75. The van der Waals surface area contributed by atoms with Crippen LogP contribution in [0.1, 0.15) is 101 Å². The molecule has 0 fully saturated rings. The molecule has 30 heavy (non-hydrogen) atoms. The molecule has 0 saturated carbocycles. The molecule has 0 atom stereocenters. The van der Waals surface area contributed by atoms with Crippen LogP contribution in [-0.4, -0.2) is 0 Å². The average molecular weight is 403 g/mol. The molecular formula is C30H42. The van der Waals surface area contributed by atoms with Crippen molar-refractivity contribution in [2.75, 3.05) is 0 Å². The maximum absolute atomic E-state index is 2.52. The fourth-order valence-corrected chi connectivity index (χ4v) is 5.02. The zero-order valence-corrected chi connectivity index (χ0v) is 19.9. The van der Waals surface area contributed by atoms with Crippen LogP contribution in [0.4, 0.5) is 0 Å². The van der Waals surface area contributed by atoms with Crippen LogP contribution >= 0.6 is 0 Å². The highest BCUT2D eigenvalue weighted by Crippen LogP contribution is 2.37. The van der Waals surface area contributed by atoms with Gasteiger partial charge in [-0.1, -0.05) is 77.6 Å². The molecule has 3 aromatic rings. The predicted molar refractivity (Wildman–Crippen MR) is 136 cm³/mol. The van der Waals surface area contributed by atoms with Gasteiger partial charge in [-0.25, -0.2) is 0 Å². The van der Waals surface area contributed by atoms with E-state index >= 15 is 0 Å². The Balaban J connectivity index is 2.35. The van der Waals surface area contributed by atoms with Crippen LogP contribution in [0.25, 0.3) is 21.5 Å². The molecule has 0 spiro atoms. The third kappa shape index (κ3) is 5.08. The largest absolute Gasteiger partial charge is 0.0654 e. The second-order valence-electron chi connectivity index (χ2n) is 9.07. The summed E-state index contributed by atoms with van der Waals surface area (Å²) in [6, 6.07) is 14.0. The highest BCUT2D eigenvalue weighted by molar-refractivity contribution is 6.02. The first-order valence-electron chi connectivity index (χ1n) is 12.7. The van der Waals surface area contributed by atoms with E-state index in [-0.39, 0.29) is 0 Å². The Morgan fingerprint density at radius 2 is 0.800 bits per heavy atom. The van der Waals surface area contributed by atoms with Gasteiger partial charge in [-0.15, -0.1) is 0 Å². The van der Waals surface area contributed by atoms with E-state index < -0.39 is 0 Å². The Morgan fingerprint density at radius 3 is 1.13 bits per heavy atom. The molecule has 0 heterocycles. The zero-order valence-electron chi connectivity index (χ0n) is 19.9. The van der Waals surface area contributed by atoms with Gasteiger partial charge in [0.05, 0.1) is 0 Å². The zero-order chi connectivity index (χ0) is 21.3. The molecule has 0 aromatic heterocycles. The molecule has 0 N–H and O–H groups in total. The van der Waals surface area contributed by atoms with Crippen molar-refractivity contribution in [2.24, 2.45) is 0 Å². The minimum Gasteiger partial charge on any atom is -0.0654 e. The molecule has 0 aliphatic carbocycles. The van der Waals surface area contributed by atoms with E-state index in [0.717, 1.165) is 0 Å². The summed E-state index contributed by atoms with van der Waals surface area (Å²) in [4.78, 5) is 0. The Labute approximate surface area is 185 Å². The van der Waals surface area contributed by atoms with E-state index in [4.69, 9.17) is 0 Å². The predicted octanol–water partition coefficient (Wildman–Crippen LogP) is 9.36. The molecular weight excluding hydrogens is 360 g/mol. The fourth-order valence-electron chi connectivity index (χ4n) is 5.02. The number of rotatable bonds is 12. The van der Waals surface area contributed by atoms with Gasteiger partial charge in [0.15, 0.2) is 0 Å².